The lowest BCUT2D eigenvalue weighted by Gasteiger charge is -2.37. The number of benzene rings is 1. The van der Waals surface area contributed by atoms with Gasteiger partial charge in [-0.3, -0.25) is 9.16 Å². The third kappa shape index (κ3) is 5.75. The summed E-state index contributed by atoms with van der Waals surface area (Å²) in [5.74, 6) is 1.40. The highest BCUT2D eigenvalue weighted by atomic mass is 32.3. The molecule has 2 heterocycles. The lowest BCUT2D eigenvalue weighted by molar-refractivity contribution is -0.128. The van der Waals surface area contributed by atoms with Crippen molar-refractivity contribution in [2.45, 2.75) is 75.9 Å². The highest BCUT2D eigenvalue weighted by Gasteiger charge is 2.48. The number of nitriles is 1. The number of hydrogen-bond donors (Lipinski definition) is 3. The zero-order valence-electron chi connectivity index (χ0n) is 23.3. The number of amides is 1. The number of carbonyl (C=O) groups excluding carboxylic acids is 1. The highest BCUT2D eigenvalue weighted by molar-refractivity contribution is 8.00. The number of hydrogen-bond acceptors (Lipinski definition) is 6. The van der Waals surface area contributed by atoms with Gasteiger partial charge < -0.3 is 19.2 Å². The van der Waals surface area contributed by atoms with E-state index in [9.17, 15) is 19.0 Å². The van der Waals surface area contributed by atoms with Gasteiger partial charge in [-0.05, 0) is 56.4 Å². The number of anilines is 1. The molecule has 1 amide bonds. The quantitative estimate of drug-likeness (QED) is 0.445. The molecule has 39 heavy (non-hydrogen) atoms. The molecular weight excluding hydrogens is 517 g/mol. The molecule has 10 heteroatoms. The van der Waals surface area contributed by atoms with Crippen molar-refractivity contribution < 1.29 is 18.2 Å². The number of thiol groups is 1. The summed E-state index contributed by atoms with van der Waals surface area (Å²) in [6.45, 7) is 7.62. The Kier molecular flexibility index (Phi) is 7.36. The Bertz CT molecular complexity index is 1310. The van der Waals surface area contributed by atoms with Gasteiger partial charge in [-0.25, -0.2) is 9.37 Å². The van der Waals surface area contributed by atoms with Gasteiger partial charge in [0.15, 0.2) is 5.76 Å². The first kappa shape index (κ1) is 27.8. The number of nitrogens with zero attached hydrogens (tertiary/aromatic N) is 4. The molecule has 0 spiro atoms. The number of carbonyl (C=O) groups is 1. The van der Waals surface area contributed by atoms with Crippen LogP contribution in [0.4, 0.5) is 10.1 Å². The summed E-state index contributed by atoms with van der Waals surface area (Å²) in [6, 6.07) is 10.3. The van der Waals surface area contributed by atoms with E-state index < -0.39 is 27.7 Å². The van der Waals surface area contributed by atoms with Crippen LogP contribution in [0.15, 0.2) is 33.0 Å². The van der Waals surface area contributed by atoms with Crippen LogP contribution in [0.1, 0.15) is 70.4 Å². The lowest BCUT2D eigenvalue weighted by Crippen LogP contribution is -2.44. The molecule has 1 aromatic carbocycles. The maximum atomic E-state index is 14.6. The lowest BCUT2D eigenvalue weighted by atomic mass is 9.75. The molecule has 8 nitrogen and oxygen atoms in total. The summed E-state index contributed by atoms with van der Waals surface area (Å²) in [4.78, 5) is 20.6. The summed E-state index contributed by atoms with van der Waals surface area (Å²) in [5.41, 5.74) is 1.47. The molecule has 212 valence electrons. The van der Waals surface area contributed by atoms with E-state index in [-0.39, 0.29) is 23.7 Å². The molecule has 0 unspecified atom stereocenters. The predicted octanol–water partition coefficient (Wildman–Crippen LogP) is 5.03. The van der Waals surface area contributed by atoms with Gasteiger partial charge in [0, 0.05) is 60.1 Å². The number of aromatic nitrogens is 1. The summed E-state index contributed by atoms with van der Waals surface area (Å²) < 4.78 is 35.8. The molecule has 1 aliphatic heterocycles. The summed E-state index contributed by atoms with van der Waals surface area (Å²) in [7, 11) is -0.433. The SMILES string of the molecule is CN=[SH]1(O)CCN(c2ccc(-c3oc(C(C)(C)C)nc3[C@@H]3CC[C@H](F)C[C@H]3C(=O)NC3(C#N)CC3)cc2)CC1. The average Bonchev–Trinajstić information content (AvgIpc) is 3.54. The van der Waals surface area contributed by atoms with Crippen LogP contribution in [0.2, 0.25) is 0 Å². The van der Waals surface area contributed by atoms with Gasteiger partial charge in [-0.15, -0.1) is 10.1 Å². The Labute approximate surface area is 231 Å². The van der Waals surface area contributed by atoms with Crippen LogP contribution in [0.5, 0.6) is 0 Å². The third-order valence-electron chi connectivity index (χ3n) is 8.42. The molecule has 5 rings (SSSR count). The van der Waals surface area contributed by atoms with Crippen LogP contribution < -0.4 is 10.2 Å². The Morgan fingerprint density at radius 3 is 2.49 bits per heavy atom. The van der Waals surface area contributed by atoms with Gasteiger partial charge in [0.25, 0.3) is 0 Å². The van der Waals surface area contributed by atoms with E-state index in [2.05, 4.69) is 32.8 Å². The maximum absolute atomic E-state index is 14.6. The van der Waals surface area contributed by atoms with Crippen LogP contribution in [-0.2, 0) is 20.3 Å². The van der Waals surface area contributed by atoms with E-state index in [0.29, 0.717) is 54.5 Å². The summed E-state index contributed by atoms with van der Waals surface area (Å²) >= 11 is 0. The van der Waals surface area contributed by atoms with Gasteiger partial charge in [-0.2, -0.15) is 5.26 Å². The van der Waals surface area contributed by atoms with Crippen molar-refractivity contribution in [2.75, 3.05) is 36.5 Å². The smallest absolute Gasteiger partial charge is 0.225 e. The van der Waals surface area contributed by atoms with Crippen molar-refractivity contribution in [1.82, 2.24) is 10.3 Å². The van der Waals surface area contributed by atoms with E-state index in [0.717, 1.165) is 24.3 Å². The topological polar surface area (TPSA) is 115 Å². The van der Waals surface area contributed by atoms with Crippen LogP contribution in [0.3, 0.4) is 0 Å². The molecule has 3 atom stereocenters. The Morgan fingerprint density at radius 1 is 1.26 bits per heavy atom. The Hall–Kier alpha value is -2.77. The second-order valence-corrected chi connectivity index (χ2v) is 15.4. The van der Waals surface area contributed by atoms with Crippen molar-refractivity contribution in [3.8, 4) is 17.4 Å². The molecule has 2 saturated carbocycles. The Balaban J connectivity index is 1.45. The summed E-state index contributed by atoms with van der Waals surface area (Å²) in [6.07, 6.45) is 1.17. The van der Waals surface area contributed by atoms with E-state index in [1.54, 1.807) is 7.05 Å². The minimum atomic E-state index is -2.14. The summed E-state index contributed by atoms with van der Waals surface area (Å²) in [5, 5.41) is 12.4. The number of nitrogens with one attached hydrogen (secondary N) is 1. The van der Waals surface area contributed by atoms with E-state index in [4.69, 9.17) is 9.40 Å². The molecule has 1 saturated heterocycles. The molecule has 1 aromatic heterocycles. The number of oxazole rings is 1. The second-order valence-electron chi connectivity index (χ2n) is 12.3. The van der Waals surface area contributed by atoms with Crippen LogP contribution in [0.25, 0.3) is 11.3 Å². The fraction of sp³-hybridized carbons (Fsp3) is 0.621. The largest absolute Gasteiger partial charge is 0.440 e. The molecule has 2 N–H and O–H groups in total. The number of halogens is 1. The second kappa shape index (κ2) is 10.3. The fourth-order valence-corrected chi connectivity index (χ4v) is 7.38. The number of rotatable bonds is 5. The standard InChI is InChI=1S/C29H40FN5O3S/c1-28(2,3)27-33-24(22-10-7-20(30)17-23(22)26(36)34-29(18-31)11-12-29)25(38-27)19-5-8-21(9-6-19)35-13-15-39(37,32-4)16-14-35/h5-6,8-9,20,22-23,39H,7,10-17H2,1-4H3,(H,32,37)(H,34,36)/t20-,22+,23+/m0/s1. The van der Waals surface area contributed by atoms with Crippen molar-refractivity contribution in [3.05, 3.63) is 35.9 Å². The van der Waals surface area contributed by atoms with Gasteiger partial charge in [-0.1, -0.05) is 20.8 Å². The van der Waals surface area contributed by atoms with Gasteiger partial charge in [0.1, 0.15) is 11.7 Å². The van der Waals surface area contributed by atoms with E-state index >= 15 is 0 Å². The minimum Gasteiger partial charge on any atom is -0.440 e. The van der Waals surface area contributed by atoms with Crippen LogP contribution >= 0.6 is 0 Å². The fourth-order valence-electron chi connectivity index (χ4n) is 5.63. The van der Waals surface area contributed by atoms with Gasteiger partial charge in [0.2, 0.25) is 11.8 Å². The maximum Gasteiger partial charge on any atom is 0.225 e. The van der Waals surface area contributed by atoms with Gasteiger partial charge >= 0.3 is 0 Å². The van der Waals surface area contributed by atoms with Crippen molar-refractivity contribution in [2.24, 2.45) is 10.3 Å². The molecule has 3 aliphatic rings. The monoisotopic (exact) mass is 557 g/mol. The molecule has 3 fully saturated rings. The number of alkyl halides is 1. The Morgan fingerprint density at radius 2 is 1.92 bits per heavy atom. The molecule has 2 aromatic rings. The van der Waals surface area contributed by atoms with E-state index in [1.165, 1.54) is 0 Å². The minimum absolute atomic E-state index is 0.113. The third-order valence-corrected chi connectivity index (χ3v) is 11.0. The zero-order chi connectivity index (χ0) is 28.0. The van der Waals surface area contributed by atoms with Crippen LogP contribution in [-0.4, -0.2) is 58.8 Å². The van der Waals surface area contributed by atoms with Crippen molar-refractivity contribution in [1.29, 1.82) is 5.26 Å². The normalized spacial score (nSPS) is 26.8. The molecule has 0 radical (unpaired) electrons. The molecule has 0 bridgehead atoms. The highest BCUT2D eigenvalue weighted by Crippen LogP contribution is 2.45. The van der Waals surface area contributed by atoms with Gasteiger partial charge in [0.05, 0.1) is 11.8 Å². The predicted molar refractivity (Wildman–Crippen MR) is 153 cm³/mol. The first-order valence-corrected chi connectivity index (χ1v) is 16.0. The average molecular weight is 558 g/mol. The molecular formula is C29H40FN5O3S. The van der Waals surface area contributed by atoms with Crippen molar-refractivity contribution >= 4 is 21.7 Å². The molecule has 2 aliphatic carbocycles. The first-order valence-electron chi connectivity index (χ1n) is 13.9. The van der Waals surface area contributed by atoms with Crippen molar-refractivity contribution in [3.63, 3.8) is 0 Å². The zero-order valence-corrected chi connectivity index (χ0v) is 24.2. The first-order chi connectivity index (χ1) is 18.5. The van der Waals surface area contributed by atoms with Crippen LogP contribution in [0, 0.1) is 17.2 Å². The van der Waals surface area contributed by atoms with E-state index in [1.807, 2.05) is 32.9 Å².